The Morgan fingerprint density at radius 1 is 0.571 bits per heavy atom. The second-order valence-electron chi connectivity index (χ2n) is 2.82. The molecule has 0 radical (unpaired) electrons. The number of rotatable bonds is 0. The van der Waals surface area contributed by atoms with E-state index in [9.17, 15) is 13.2 Å². The third-order valence-corrected chi connectivity index (χ3v) is 2.07. The molecule has 0 saturated carbocycles. The summed E-state index contributed by atoms with van der Waals surface area (Å²) in [6.07, 6.45) is 0. The van der Waals surface area contributed by atoms with Crippen LogP contribution in [0.3, 0.4) is 0 Å². The Bertz CT molecular complexity index is 225. The first-order valence-electron chi connectivity index (χ1n) is 4.57. The predicted molar refractivity (Wildman–Crippen MR) is 51.9 cm³/mol. The molecule has 0 nitrogen and oxygen atoms in total. The molecule has 3 heteroatoms. The van der Waals surface area contributed by atoms with Gasteiger partial charge in [0.2, 0.25) is 0 Å². The van der Waals surface area contributed by atoms with Crippen LogP contribution in [0.25, 0.3) is 0 Å². The Kier molecular flexibility index (Phi) is 4.68. The van der Waals surface area contributed by atoms with Crippen LogP contribution in [0.4, 0.5) is 13.2 Å². The van der Waals surface area contributed by atoms with Crippen molar-refractivity contribution in [2.24, 2.45) is 0 Å². The zero-order chi connectivity index (χ0) is 11.5. The monoisotopic (exact) mass is 204 g/mol. The van der Waals surface area contributed by atoms with Crippen molar-refractivity contribution in [3.05, 3.63) is 34.1 Å². The third-order valence-electron chi connectivity index (χ3n) is 2.07. The van der Waals surface area contributed by atoms with Gasteiger partial charge in [-0.1, -0.05) is 13.8 Å². The van der Waals surface area contributed by atoms with Gasteiger partial charge < -0.3 is 0 Å². The Morgan fingerprint density at radius 2 is 0.857 bits per heavy atom. The summed E-state index contributed by atoms with van der Waals surface area (Å²) < 4.78 is 38.7. The summed E-state index contributed by atoms with van der Waals surface area (Å²) in [5.74, 6) is -2.70. The largest absolute Gasteiger partial charge is 0.206 e. The van der Waals surface area contributed by atoms with Gasteiger partial charge in [0.15, 0.2) is 11.6 Å². The SMILES string of the molecule is CC.Cc1c(C)c(F)c(F)c(C)c1F. The lowest BCUT2D eigenvalue weighted by Crippen LogP contribution is -2.01. The average molecular weight is 204 g/mol. The van der Waals surface area contributed by atoms with Gasteiger partial charge in [0.25, 0.3) is 0 Å². The highest BCUT2D eigenvalue weighted by Crippen LogP contribution is 2.22. The van der Waals surface area contributed by atoms with Crippen molar-refractivity contribution in [1.82, 2.24) is 0 Å². The molecule has 0 amide bonds. The van der Waals surface area contributed by atoms with E-state index in [-0.39, 0.29) is 16.7 Å². The molecule has 1 rings (SSSR count). The van der Waals surface area contributed by atoms with Crippen LogP contribution in [0.5, 0.6) is 0 Å². The molecule has 0 N–H and O–H groups in total. The molecule has 0 aliphatic carbocycles. The van der Waals surface area contributed by atoms with E-state index in [0.717, 1.165) is 0 Å². The van der Waals surface area contributed by atoms with Gasteiger partial charge >= 0.3 is 0 Å². The molecule has 1 aromatic carbocycles. The van der Waals surface area contributed by atoms with Crippen molar-refractivity contribution >= 4 is 0 Å². The van der Waals surface area contributed by atoms with E-state index in [4.69, 9.17) is 0 Å². The van der Waals surface area contributed by atoms with Crippen molar-refractivity contribution in [2.75, 3.05) is 0 Å². The van der Waals surface area contributed by atoms with Gasteiger partial charge in [-0.15, -0.1) is 0 Å². The highest BCUT2D eigenvalue weighted by molar-refractivity contribution is 5.33. The van der Waals surface area contributed by atoms with Gasteiger partial charge in [-0.25, -0.2) is 13.2 Å². The molecule has 0 unspecified atom stereocenters. The highest BCUT2D eigenvalue weighted by Gasteiger charge is 2.16. The topological polar surface area (TPSA) is 0 Å². The van der Waals surface area contributed by atoms with Crippen LogP contribution in [-0.4, -0.2) is 0 Å². The lowest BCUT2D eigenvalue weighted by molar-refractivity contribution is 0.477. The zero-order valence-corrected chi connectivity index (χ0v) is 9.13. The molecule has 0 aliphatic heterocycles. The van der Waals surface area contributed by atoms with Crippen molar-refractivity contribution in [2.45, 2.75) is 34.6 Å². The molecule has 0 fully saturated rings. The molecule has 80 valence electrons. The van der Waals surface area contributed by atoms with E-state index in [1.807, 2.05) is 13.8 Å². The van der Waals surface area contributed by atoms with E-state index in [2.05, 4.69) is 0 Å². The summed E-state index contributed by atoms with van der Waals surface area (Å²) in [6, 6.07) is 0. The van der Waals surface area contributed by atoms with Crippen LogP contribution in [0.2, 0.25) is 0 Å². The molecule has 0 saturated heterocycles. The van der Waals surface area contributed by atoms with Gasteiger partial charge in [-0.3, -0.25) is 0 Å². The van der Waals surface area contributed by atoms with Crippen molar-refractivity contribution in [1.29, 1.82) is 0 Å². The molecule has 0 spiro atoms. The van der Waals surface area contributed by atoms with Crippen LogP contribution in [-0.2, 0) is 0 Å². The van der Waals surface area contributed by atoms with Gasteiger partial charge in [-0.2, -0.15) is 0 Å². The van der Waals surface area contributed by atoms with E-state index in [1.54, 1.807) is 0 Å². The molecule has 1 aromatic rings. The van der Waals surface area contributed by atoms with Crippen LogP contribution < -0.4 is 0 Å². The maximum Gasteiger partial charge on any atom is 0.164 e. The van der Waals surface area contributed by atoms with Gasteiger partial charge in [-0.05, 0) is 31.9 Å². The fourth-order valence-electron chi connectivity index (χ4n) is 1.04. The molecule has 0 aliphatic rings. The Hall–Kier alpha value is -0.990. The number of hydrogen-bond acceptors (Lipinski definition) is 0. The normalized spacial score (nSPS) is 9.43. The first kappa shape index (κ1) is 13.0. The van der Waals surface area contributed by atoms with E-state index >= 15 is 0 Å². The zero-order valence-electron chi connectivity index (χ0n) is 9.13. The molecular formula is C11H15F3. The molecular weight excluding hydrogens is 189 g/mol. The average Bonchev–Trinajstić information content (AvgIpc) is 2.24. The van der Waals surface area contributed by atoms with Crippen LogP contribution in [0, 0.1) is 38.2 Å². The van der Waals surface area contributed by atoms with E-state index < -0.39 is 17.5 Å². The Labute approximate surface area is 82.8 Å². The van der Waals surface area contributed by atoms with Crippen molar-refractivity contribution in [3.63, 3.8) is 0 Å². The number of halogens is 3. The minimum atomic E-state index is -1.09. The standard InChI is InChI=1S/C9H9F3.C2H6/c1-4-5(2)8(11)9(12)6(3)7(4)10;1-2/h1-3H3;1-2H3. The van der Waals surface area contributed by atoms with Crippen LogP contribution >= 0.6 is 0 Å². The van der Waals surface area contributed by atoms with Crippen LogP contribution in [0.15, 0.2) is 0 Å². The quantitative estimate of drug-likeness (QED) is 0.559. The Morgan fingerprint density at radius 3 is 1.29 bits per heavy atom. The minimum Gasteiger partial charge on any atom is -0.206 e. The summed E-state index contributed by atoms with van der Waals surface area (Å²) in [7, 11) is 0. The fraction of sp³-hybridized carbons (Fsp3) is 0.455. The number of benzene rings is 1. The van der Waals surface area contributed by atoms with Gasteiger partial charge in [0.1, 0.15) is 5.82 Å². The fourth-order valence-corrected chi connectivity index (χ4v) is 1.04. The van der Waals surface area contributed by atoms with Gasteiger partial charge in [0, 0.05) is 5.56 Å². The third kappa shape index (κ3) is 2.08. The Balaban J connectivity index is 0.000000791. The lowest BCUT2D eigenvalue weighted by Gasteiger charge is -2.07. The second-order valence-corrected chi connectivity index (χ2v) is 2.82. The second kappa shape index (κ2) is 5.03. The summed E-state index contributed by atoms with van der Waals surface area (Å²) in [6.45, 7) is 8.01. The molecule has 0 heterocycles. The molecule has 0 atom stereocenters. The lowest BCUT2D eigenvalue weighted by atomic mass is 10.0. The molecule has 0 bridgehead atoms. The van der Waals surface area contributed by atoms with E-state index in [0.29, 0.717) is 0 Å². The number of hydrogen-bond donors (Lipinski definition) is 0. The molecule has 0 aromatic heterocycles. The summed E-state index contributed by atoms with van der Waals surface area (Å²) in [5, 5.41) is 0. The molecule has 14 heavy (non-hydrogen) atoms. The van der Waals surface area contributed by atoms with E-state index in [1.165, 1.54) is 20.8 Å². The smallest absolute Gasteiger partial charge is 0.164 e. The summed E-state index contributed by atoms with van der Waals surface area (Å²) in [4.78, 5) is 0. The maximum absolute atomic E-state index is 13.0. The van der Waals surface area contributed by atoms with Crippen LogP contribution in [0.1, 0.15) is 30.5 Å². The minimum absolute atomic E-state index is 0.0376. The van der Waals surface area contributed by atoms with Gasteiger partial charge in [0.05, 0.1) is 0 Å². The van der Waals surface area contributed by atoms with Crippen molar-refractivity contribution in [3.8, 4) is 0 Å². The highest BCUT2D eigenvalue weighted by atomic mass is 19.2. The van der Waals surface area contributed by atoms with Crippen molar-refractivity contribution < 1.29 is 13.2 Å². The summed E-state index contributed by atoms with van der Waals surface area (Å²) in [5.41, 5.74) is -0.0439. The maximum atomic E-state index is 13.0. The summed E-state index contributed by atoms with van der Waals surface area (Å²) >= 11 is 0. The first-order valence-corrected chi connectivity index (χ1v) is 4.57. The first-order chi connectivity index (χ1) is 6.46. The predicted octanol–water partition coefficient (Wildman–Crippen LogP) is 4.06.